The van der Waals surface area contributed by atoms with Crippen LogP contribution in [0.4, 0.5) is 21.0 Å². The number of aromatic amines is 1. The van der Waals surface area contributed by atoms with E-state index in [1.54, 1.807) is 109 Å². The van der Waals surface area contributed by atoms with E-state index in [1.165, 1.54) is 26.4 Å². The Bertz CT molecular complexity index is 2240. The number of H-pyrrole nitrogens is 1. The molecule has 58 heavy (non-hydrogen) atoms. The van der Waals surface area contributed by atoms with Gasteiger partial charge in [0.15, 0.2) is 5.78 Å². The lowest BCUT2D eigenvalue weighted by atomic mass is 9.98. The zero-order valence-corrected chi connectivity index (χ0v) is 33.6. The van der Waals surface area contributed by atoms with Crippen molar-refractivity contribution in [2.24, 2.45) is 0 Å². The smallest absolute Gasteiger partial charge is 0.412 e. The number of aromatic nitrogens is 2. The topological polar surface area (TPSA) is 204 Å². The molecule has 0 aliphatic rings. The second-order valence-electron chi connectivity index (χ2n) is 14.0. The molecular formula is C43H52N4O11. The molecule has 0 spiro atoms. The quantitative estimate of drug-likeness (QED) is 0.0665. The molecule has 0 aliphatic carbocycles. The number of esters is 1. The SMILES string of the molecule is C.CO.COC(=O)c1cc(OC)ccc1C(=O)c1ccc(NC(=O)OC(C)(C)C)cc1.COc1ccc2c(-c3ccc(NC(=O)OC(C)(C)C)cc3)n[nH]c(=O)c2c1. The molecule has 5 rings (SSSR count). The van der Waals surface area contributed by atoms with Crippen LogP contribution in [0.5, 0.6) is 11.5 Å². The molecule has 0 bridgehead atoms. The van der Waals surface area contributed by atoms with Gasteiger partial charge in [-0.25, -0.2) is 19.5 Å². The number of hydrogen-bond acceptors (Lipinski definition) is 12. The number of amides is 2. The highest BCUT2D eigenvalue weighted by Gasteiger charge is 2.21. The first kappa shape index (κ1) is 47.4. The van der Waals surface area contributed by atoms with Crippen molar-refractivity contribution in [2.45, 2.75) is 60.2 Å². The molecule has 4 N–H and O–H groups in total. The third kappa shape index (κ3) is 13.5. The van der Waals surface area contributed by atoms with Gasteiger partial charge >= 0.3 is 18.2 Å². The fourth-order valence-corrected chi connectivity index (χ4v) is 5.03. The number of methoxy groups -OCH3 is 3. The minimum Gasteiger partial charge on any atom is -0.497 e. The molecule has 5 aromatic rings. The maximum Gasteiger partial charge on any atom is 0.412 e. The van der Waals surface area contributed by atoms with E-state index in [-0.39, 0.29) is 29.9 Å². The van der Waals surface area contributed by atoms with Gasteiger partial charge in [-0.1, -0.05) is 19.6 Å². The van der Waals surface area contributed by atoms with E-state index in [1.807, 2.05) is 12.1 Å². The summed E-state index contributed by atoms with van der Waals surface area (Å²) in [6, 6.07) is 23.2. The molecule has 1 aromatic heterocycles. The van der Waals surface area contributed by atoms with E-state index in [4.69, 9.17) is 28.8 Å². The van der Waals surface area contributed by atoms with E-state index >= 15 is 0 Å². The Morgan fingerprint density at radius 2 is 1.12 bits per heavy atom. The normalized spacial score (nSPS) is 10.5. The molecule has 0 unspecified atom stereocenters. The van der Waals surface area contributed by atoms with Crippen molar-refractivity contribution in [1.29, 1.82) is 0 Å². The van der Waals surface area contributed by atoms with Crippen LogP contribution in [0.25, 0.3) is 22.0 Å². The predicted molar refractivity (Wildman–Crippen MR) is 223 cm³/mol. The molecule has 0 saturated heterocycles. The van der Waals surface area contributed by atoms with Crippen LogP contribution in [0.3, 0.4) is 0 Å². The van der Waals surface area contributed by atoms with Gasteiger partial charge < -0.3 is 28.8 Å². The van der Waals surface area contributed by atoms with E-state index in [9.17, 15) is 24.0 Å². The lowest BCUT2D eigenvalue weighted by Crippen LogP contribution is -2.27. The van der Waals surface area contributed by atoms with Crippen molar-refractivity contribution in [3.8, 4) is 22.8 Å². The second kappa shape index (κ2) is 21.0. The molecule has 0 saturated carbocycles. The summed E-state index contributed by atoms with van der Waals surface area (Å²) in [4.78, 5) is 60.6. The van der Waals surface area contributed by atoms with Gasteiger partial charge in [0.2, 0.25) is 0 Å². The van der Waals surface area contributed by atoms with E-state index in [2.05, 4.69) is 20.8 Å². The van der Waals surface area contributed by atoms with Crippen LogP contribution >= 0.6 is 0 Å². The van der Waals surface area contributed by atoms with E-state index in [0.717, 1.165) is 12.7 Å². The summed E-state index contributed by atoms with van der Waals surface area (Å²) in [5.41, 5.74) is 1.72. The van der Waals surface area contributed by atoms with Crippen LogP contribution in [0, 0.1) is 0 Å². The minimum absolute atomic E-state index is 0. The van der Waals surface area contributed by atoms with Crippen molar-refractivity contribution < 1.29 is 48.0 Å². The van der Waals surface area contributed by atoms with Crippen LogP contribution in [0.1, 0.15) is 75.2 Å². The second-order valence-corrected chi connectivity index (χ2v) is 14.0. The predicted octanol–water partition coefficient (Wildman–Crippen LogP) is 8.25. The van der Waals surface area contributed by atoms with Gasteiger partial charge in [-0.05, 0) is 114 Å². The molecule has 4 aromatic carbocycles. The molecule has 0 atom stereocenters. The van der Waals surface area contributed by atoms with Crippen LogP contribution in [-0.2, 0) is 14.2 Å². The van der Waals surface area contributed by atoms with Gasteiger partial charge in [0, 0.05) is 40.6 Å². The molecule has 0 fully saturated rings. The number of nitrogens with zero attached hydrogens (tertiary/aromatic N) is 1. The third-order valence-electron chi connectivity index (χ3n) is 7.47. The number of anilines is 2. The fourth-order valence-electron chi connectivity index (χ4n) is 5.03. The maximum atomic E-state index is 12.8. The van der Waals surface area contributed by atoms with Crippen molar-refractivity contribution in [2.75, 3.05) is 39.1 Å². The average Bonchev–Trinajstić information content (AvgIpc) is 3.17. The first-order valence-electron chi connectivity index (χ1n) is 17.4. The van der Waals surface area contributed by atoms with E-state index in [0.29, 0.717) is 44.9 Å². The monoisotopic (exact) mass is 800 g/mol. The molecule has 15 heteroatoms. The molecular weight excluding hydrogens is 748 g/mol. The molecule has 1 heterocycles. The number of ketones is 1. The summed E-state index contributed by atoms with van der Waals surface area (Å²) < 4.78 is 25.5. The molecule has 15 nitrogen and oxygen atoms in total. The highest BCUT2D eigenvalue weighted by atomic mass is 16.6. The summed E-state index contributed by atoms with van der Waals surface area (Å²) in [6.45, 7) is 10.7. The number of nitrogens with one attached hydrogen (secondary N) is 3. The van der Waals surface area contributed by atoms with Crippen molar-refractivity contribution >= 4 is 46.1 Å². The van der Waals surface area contributed by atoms with Gasteiger partial charge in [0.25, 0.3) is 5.56 Å². The Balaban J connectivity index is 0.000000378. The Kier molecular flexibility index (Phi) is 17.1. The van der Waals surface area contributed by atoms with Gasteiger partial charge in [0.1, 0.15) is 22.7 Å². The number of carbonyl (C=O) groups excluding carboxylic acids is 4. The third-order valence-corrected chi connectivity index (χ3v) is 7.47. The molecule has 310 valence electrons. The standard InChI is InChI=1S/C21H23NO6.C20H21N3O4.CH4O.CH4/c1-21(2,3)28-20(25)22-14-8-6-13(7-9-14)18(23)16-11-10-15(26-4)12-17(16)19(24)27-5;1-20(2,3)27-19(25)21-13-7-5-12(6-8-13)17-15-10-9-14(26-4)11-16(15)18(24)23-22-17;1-2;/h6-12H,1-5H3,(H,22,25);5-11H,1-4H3,(H,21,25)(H,23,24);2H,1H3;1H4. The summed E-state index contributed by atoms with van der Waals surface area (Å²) in [6.07, 6.45) is -1.11. The van der Waals surface area contributed by atoms with Crippen molar-refractivity contribution in [3.63, 3.8) is 0 Å². The van der Waals surface area contributed by atoms with Gasteiger partial charge in [-0.2, -0.15) is 5.10 Å². The maximum absolute atomic E-state index is 12.8. The molecule has 0 aliphatic heterocycles. The van der Waals surface area contributed by atoms with Crippen molar-refractivity contribution in [1.82, 2.24) is 10.2 Å². The van der Waals surface area contributed by atoms with Crippen molar-refractivity contribution in [3.05, 3.63) is 112 Å². The Morgan fingerprint density at radius 3 is 1.60 bits per heavy atom. The first-order valence-corrected chi connectivity index (χ1v) is 17.4. The number of fused-ring (bicyclic) bond motifs is 1. The van der Waals surface area contributed by atoms with Crippen LogP contribution in [-0.4, -0.2) is 78.9 Å². The fraction of sp³-hybridized carbons (Fsp3) is 0.302. The zero-order chi connectivity index (χ0) is 42.5. The Labute approximate surface area is 337 Å². The Morgan fingerprint density at radius 1 is 0.638 bits per heavy atom. The zero-order valence-electron chi connectivity index (χ0n) is 33.6. The van der Waals surface area contributed by atoms with Gasteiger partial charge in [0.05, 0.1) is 38.0 Å². The summed E-state index contributed by atoms with van der Waals surface area (Å²) in [5.74, 6) is 0.0493. The number of hydrogen-bond donors (Lipinski definition) is 4. The lowest BCUT2D eigenvalue weighted by Gasteiger charge is -2.19. The number of rotatable bonds is 8. The first-order chi connectivity index (χ1) is 26.9. The van der Waals surface area contributed by atoms with Gasteiger partial charge in [-0.15, -0.1) is 0 Å². The number of ether oxygens (including phenoxy) is 5. The minimum atomic E-state index is -0.634. The number of aliphatic hydroxyl groups is 1. The number of carbonyl (C=O) groups is 4. The molecule has 2 amide bonds. The summed E-state index contributed by atoms with van der Waals surface area (Å²) in [7, 11) is 5.26. The number of benzene rings is 4. The summed E-state index contributed by atoms with van der Waals surface area (Å²) >= 11 is 0. The molecule has 0 radical (unpaired) electrons. The highest BCUT2D eigenvalue weighted by Crippen LogP contribution is 2.28. The van der Waals surface area contributed by atoms with Gasteiger partial charge in [-0.3, -0.25) is 20.2 Å². The van der Waals surface area contributed by atoms with Crippen LogP contribution in [0.15, 0.2) is 89.7 Å². The number of aliphatic hydroxyl groups excluding tert-OH is 1. The largest absolute Gasteiger partial charge is 0.497 e. The average molecular weight is 801 g/mol. The van der Waals surface area contributed by atoms with Crippen LogP contribution < -0.4 is 25.7 Å². The Hall–Kier alpha value is -6.74. The summed E-state index contributed by atoms with van der Waals surface area (Å²) in [5, 5.41) is 20.2. The van der Waals surface area contributed by atoms with E-state index < -0.39 is 29.4 Å². The highest BCUT2D eigenvalue weighted by molar-refractivity contribution is 6.14. The van der Waals surface area contributed by atoms with Crippen LogP contribution in [0.2, 0.25) is 0 Å². The lowest BCUT2D eigenvalue weighted by molar-refractivity contribution is 0.0594.